The lowest BCUT2D eigenvalue weighted by Crippen LogP contribution is -2.19. The number of hydrogen-bond acceptors (Lipinski definition) is 3. The van der Waals surface area contributed by atoms with E-state index in [0.717, 1.165) is 18.2 Å². The van der Waals surface area contributed by atoms with Gasteiger partial charge in [-0.05, 0) is 30.7 Å². The smallest absolute Gasteiger partial charge is 0.405 e. The molecule has 0 aromatic heterocycles. The van der Waals surface area contributed by atoms with E-state index in [-0.39, 0.29) is 16.8 Å². The van der Waals surface area contributed by atoms with Crippen molar-refractivity contribution in [1.29, 1.82) is 0 Å². The molecule has 3 nitrogen and oxygen atoms in total. The lowest BCUT2D eigenvalue weighted by Gasteiger charge is -2.18. The Morgan fingerprint density at radius 1 is 0.750 bits per heavy atom. The van der Waals surface area contributed by atoms with Gasteiger partial charge in [-0.1, -0.05) is 12.1 Å². The zero-order chi connectivity index (χ0) is 18.1. The molecule has 0 amide bonds. The van der Waals surface area contributed by atoms with Gasteiger partial charge in [0.05, 0.1) is 0 Å². The van der Waals surface area contributed by atoms with Crippen LogP contribution < -0.4 is 15.2 Å². The standard InChI is InChI=1S/C15H11F6NO2/c1-8-2-4-10(12(6-8)23-14(16,17)18)11-5-3-9(22)7-13(11)24-15(19,20)21/h2-7H,22H2,1H3. The van der Waals surface area contributed by atoms with Gasteiger partial charge in [0.25, 0.3) is 0 Å². The first-order valence-corrected chi connectivity index (χ1v) is 6.47. The summed E-state index contributed by atoms with van der Waals surface area (Å²) in [5.41, 5.74) is 5.38. The van der Waals surface area contributed by atoms with E-state index in [1.54, 1.807) is 0 Å². The highest BCUT2D eigenvalue weighted by Crippen LogP contribution is 2.41. The molecule has 0 saturated heterocycles. The minimum Gasteiger partial charge on any atom is -0.405 e. The summed E-state index contributed by atoms with van der Waals surface area (Å²) in [5, 5.41) is 0. The molecule has 0 saturated carbocycles. The first-order chi connectivity index (χ1) is 10.9. The van der Waals surface area contributed by atoms with Gasteiger partial charge in [-0.15, -0.1) is 26.3 Å². The molecule has 2 aromatic carbocycles. The molecule has 0 aliphatic heterocycles. The van der Waals surface area contributed by atoms with Gasteiger partial charge in [-0.2, -0.15) is 0 Å². The third kappa shape index (κ3) is 4.71. The average Bonchev–Trinajstić information content (AvgIpc) is 2.36. The molecule has 0 unspecified atom stereocenters. The van der Waals surface area contributed by atoms with Crippen molar-refractivity contribution in [1.82, 2.24) is 0 Å². The number of ether oxygens (including phenoxy) is 2. The highest BCUT2D eigenvalue weighted by molar-refractivity contribution is 5.78. The lowest BCUT2D eigenvalue weighted by atomic mass is 10.0. The van der Waals surface area contributed by atoms with Gasteiger partial charge in [-0.25, -0.2) is 0 Å². The van der Waals surface area contributed by atoms with Crippen molar-refractivity contribution >= 4 is 5.69 Å². The summed E-state index contributed by atoms with van der Waals surface area (Å²) in [6.07, 6.45) is -10.0. The van der Waals surface area contributed by atoms with E-state index in [4.69, 9.17) is 5.73 Å². The number of nitrogens with two attached hydrogens (primary N) is 1. The molecule has 0 heterocycles. The fraction of sp³-hybridized carbons (Fsp3) is 0.200. The van der Waals surface area contributed by atoms with Crippen molar-refractivity contribution in [2.45, 2.75) is 19.6 Å². The Bertz CT molecular complexity index is 676. The van der Waals surface area contributed by atoms with Crippen LogP contribution in [0.3, 0.4) is 0 Å². The van der Waals surface area contributed by atoms with Crippen LogP contribution in [-0.4, -0.2) is 12.7 Å². The first kappa shape index (κ1) is 17.8. The molecular formula is C15H11F6NO2. The maximum Gasteiger partial charge on any atom is 0.573 e. The monoisotopic (exact) mass is 351 g/mol. The molecule has 2 N–H and O–H groups in total. The number of alkyl halides is 6. The van der Waals surface area contributed by atoms with Crippen LogP contribution in [0.4, 0.5) is 32.0 Å². The average molecular weight is 351 g/mol. The van der Waals surface area contributed by atoms with E-state index in [0.29, 0.717) is 5.56 Å². The highest BCUT2D eigenvalue weighted by atomic mass is 19.4. The van der Waals surface area contributed by atoms with Crippen LogP contribution in [0.2, 0.25) is 0 Å². The van der Waals surface area contributed by atoms with Crippen molar-refractivity contribution in [3.05, 3.63) is 42.0 Å². The number of hydrogen-bond donors (Lipinski definition) is 1. The normalized spacial score (nSPS) is 12.1. The second-order valence-corrected chi connectivity index (χ2v) is 4.85. The fourth-order valence-corrected chi connectivity index (χ4v) is 2.03. The van der Waals surface area contributed by atoms with Crippen LogP contribution >= 0.6 is 0 Å². The maximum absolute atomic E-state index is 12.6. The van der Waals surface area contributed by atoms with Crippen molar-refractivity contribution in [3.63, 3.8) is 0 Å². The number of aryl methyl sites for hydroxylation is 1. The molecule has 0 aliphatic rings. The topological polar surface area (TPSA) is 44.5 Å². The van der Waals surface area contributed by atoms with Gasteiger partial charge < -0.3 is 15.2 Å². The van der Waals surface area contributed by atoms with Crippen molar-refractivity contribution in [2.24, 2.45) is 0 Å². The van der Waals surface area contributed by atoms with Crippen molar-refractivity contribution in [3.8, 4) is 22.6 Å². The Morgan fingerprint density at radius 3 is 1.71 bits per heavy atom. The Kier molecular flexibility index (Phi) is 4.54. The maximum atomic E-state index is 12.6. The van der Waals surface area contributed by atoms with Gasteiger partial charge in [0.1, 0.15) is 11.5 Å². The Hall–Kier alpha value is -2.58. The molecule has 0 radical (unpaired) electrons. The van der Waals surface area contributed by atoms with E-state index >= 15 is 0 Å². The molecule has 2 rings (SSSR count). The van der Waals surface area contributed by atoms with Crippen LogP contribution in [0.15, 0.2) is 36.4 Å². The summed E-state index contributed by atoms with van der Waals surface area (Å²) in [7, 11) is 0. The summed E-state index contributed by atoms with van der Waals surface area (Å²) < 4.78 is 83.0. The van der Waals surface area contributed by atoms with Gasteiger partial charge in [0, 0.05) is 22.9 Å². The van der Waals surface area contributed by atoms with E-state index < -0.39 is 24.2 Å². The van der Waals surface area contributed by atoms with Crippen molar-refractivity contribution < 1.29 is 35.8 Å². The van der Waals surface area contributed by atoms with Gasteiger partial charge in [0.2, 0.25) is 0 Å². The van der Waals surface area contributed by atoms with Gasteiger partial charge in [0.15, 0.2) is 0 Å². The molecule has 0 fully saturated rings. The van der Waals surface area contributed by atoms with Gasteiger partial charge >= 0.3 is 12.7 Å². The summed E-state index contributed by atoms with van der Waals surface area (Å²) in [6.45, 7) is 1.52. The quantitative estimate of drug-likeness (QED) is 0.622. The Balaban J connectivity index is 2.59. The summed E-state index contributed by atoms with van der Waals surface area (Å²) in [5.74, 6) is -1.36. The molecule has 9 heteroatoms. The van der Waals surface area contributed by atoms with Crippen molar-refractivity contribution in [2.75, 3.05) is 5.73 Å². The number of anilines is 1. The van der Waals surface area contributed by atoms with Crippen LogP contribution in [0, 0.1) is 6.92 Å². The molecule has 0 spiro atoms. The zero-order valence-electron chi connectivity index (χ0n) is 12.1. The summed E-state index contributed by atoms with van der Waals surface area (Å²) in [4.78, 5) is 0. The minimum atomic E-state index is -5.03. The second kappa shape index (κ2) is 6.14. The Labute approximate surface area is 132 Å². The van der Waals surface area contributed by atoms with Gasteiger partial charge in [-0.3, -0.25) is 0 Å². The highest BCUT2D eigenvalue weighted by Gasteiger charge is 2.34. The lowest BCUT2D eigenvalue weighted by molar-refractivity contribution is -0.276. The molecule has 24 heavy (non-hydrogen) atoms. The second-order valence-electron chi connectivity index (χ2n) is 4.85. The third-order valence-electron chi connectivity index (χ3n) is 2.88. The van der Waals surface area contributed by atoms with Crippen LogP contribution in [0.25, 0.3) is 11.1 Å². The molecular weight excluding hydrogens is 340 g/mol. The number of rotatable bonds is 3. The number of halogens is 6. The van der Waals surface area contributed by atoms with Crippen LogP contribution in [0.5, 0.6) is 11.5 Å². The summed E-state index contributed by atoms with van der Waals surface area (Å²) in [6, 6.07) is 6.97. The molecule has 130 valence electrons. The van der Waals surface area contributed by atoms with E-state index in [2.05, 4.69) is 9.47 Å². The predicted molar refractivity (Wildman–Crippen MR) is 74.4 cm³/mol. The SMILES string of the molecule is Cc1ccc(-c2ccc(N)cc2OC(F)(F)F)c(OC(F)(F)F)c1. The molecule has 0 aliphatic carbocycles. The van der Waals surface area contributed by atoms with E-state index in [1.807, 2.05) is 0 Å². The largest absolute Gasteiger partial charge is 0.573 e. The molecule has 0 atom stereocenters. The van der Waals surface area contributed by atoms with E-state index in [9.17, 15) is 26.3 Å². The predicted octanol–water partition coefficient (Wildman–Crippen LogP) is 5.04. The molecule has 2 aromatic rings. The number of benzene rings is 2. The number of nitrogen functional groups attached to an aromatic ring is 1. The third-order valence-corrected chi connectivity index (χ3v) is 2.88. The zero-order valence-corrected chi connectivity index (χ0v) is 12.1. The fourth-order valence-electron chi connectivity index (χ4n) is 2.03. The van der Waals surface area contributed by atoms with E-state index in [1.165, 1.54) is 25.1 Å². The Morgan fingerprint density at radius 2 is 1.21 bits per heavy atom. The van der Waals surface area contributed by atoms with Crippen LogP contribution in [0.1, 0.15) is 5.56 Å². The minimum absolute atomic E-state index is 0.0385. The summed E-state index contributed by atoms with van der Waals surface area (Å²) >= 11 is 0. The first-order valence-electron chi connectivity index (χ1n) is 6.47. The molecule has 0 bridgehead atoms. The van der Waals surface area contributed by atoms with Crippen LogP contribution in [-0.2, 0) is 0 Å².